The molecule has 0 fully saturated rings. The Hall–Kier alpha value is -1.19. The van der Waals surface area contributed by atoms with Crippen LogP contribution in [-0.4, -0.2) is 16.4 Å². The number of nitrogens with zero attached hydrogens (tertiary/aromatic N) is 2. The fourth-order valence-corrected chi connectivity index (χ4v) is 0.494. The Balaban J connectivity index is 2.72. The summed E-state index contributed by atoms with van der Waals surface area (Å²) in [4.78, 5) is 13.6. The topological polar surface area (TPSA) is 56.0 Å². The van der Waals surface area contributed by atoms with E-state index in [-0.39, 0.29) is 6.42 Å². The van der Waals surface area contributed by atoms with E-state index in [4.69, 9.17) is 0 Å². The average molecular weight is 126 g/mol. The summed E-state index contributed by atoms with van der Waals surface area (Å²) in [6.07, 6.45) is 0.938. The molecule has 4 heteroatoms. The minimum absolute atomic E-state index is 0.209. The van der Waals surface area contributed by atoms with E-state index in [0.29, 0.717) is 11.7 Å². The SMILES string of the molecule is Cc1noc(CC=O)n1. The van der Waals surface area contributed by atoms with E-state index in [0.717, 1.165) is 6.29 Å². The zero-order valence-corrected chi connectivity index (χ0v) is 5.00. The Morgan fingerprint density at radius 1 is 1.78 bits per heavy atom. The molecule has 0 aliphatic carbocycles. The molecule has 0 N–H and O–H groups in total. The maximum Gasteiger partial charge on any atom is 0.233 e. The van der Waals surface area contributed by atoms with Gasteiger partial charge in [0, 0.05) is 0 Å². The first kappa shape index (κ1) is 5.94. The van der Waals surface area contributed by atoms with Gasteiger partial charge >= 0.3 is 0 Å². The summed E-state index contributed by atoms with van der Waals surface area (Å²) < 4.78 is 4.61. The van der Waals surface area contributed by atoms with Crippen LogP contribution in [0.1, 0.15) is 11.7 Å². The third kappa shape index (κ3) is 1.35. The lowest BCUT2D eigenvalue weighted by atomic mass is 10.5. The van der Waals surface area contributed by atoms with E-state index >= 15 is 0 Å². The lowest BCUT2D eigenvalue weighted by molar-refractivity contribution is -0.107. The van der Waals surface area contributed by atoms with Crippen molar-refractivity contribution in [3.05, 3.63) is 11.7 Å². The van der Waals surface area contributed by atoms with Gasteiger partial charge in [0.25, 0.3) is 0 Å². The molecule has 48 valence electrons. The van der Waals surface area contributed by atoms with Crippen molar-refractivity contribution in [1.29, 1.82) is 0 Å². The van der Waals surface area contributed by atoms with Crippen LogP contribution in [-0.2, 0) is 11.2 Å². The highest BCUT2D eigenvalue weighted by molar-refractivity contribution is 5.52. The first-order chi connectivity index (χ1) is 4.33. The molecule has 1 aromatic rings. The molecule has 1 aromatic heterocycles. The normalized spacial score (nSPS) is 9.44. The molecular weight excluding hydrogens is 120 g/mol. The predicted molar refractivity (Wildman–Crippen MR) is 28.8 cm³/mol. The molecule has 1 rings (SSSR count). The molecule has 0 unspecified atom stereocenters. The quantitative estimate of drug-likeness (QED) is 0.528. The third-order valence-corrected chi connectivity index (χ3v) is 0.828. The summed E-state index contributed by atoms with van der Waals surface area (Å²) >= 11 is 0. The lowest BCUT2D eigenvalue weighted by Gasteiger charge is -1.74. The van der Waals surface area contributed by atoms with Crippen LogP contribution in [0.5, 0.6) is 0 Å². The Morgan fingerprint density at radius 3 is 3.00 bits per heavy atom. The van der Waals surface area contributed by atoms with Crippen LogP contribution in [0.15, 0.2) is 4.52 Å². The van der Waals surface area contributed by atoms with Crippen LogP contribution in [0.25, 0.3) is 0 Å². The molecule has 0 radical (unpaired) electrons. The number of aromatic nitrogens is 2. The van der Waals surface area contributed by atoms with Crippen molar-refractivity contribution in [2.75, 3.05) is 0 Å². The number of hydrogen-bond acceptors (Lipinski definition) is 4. The number of carbonyl (C=O) groups excluding carboxylic acids is 1. The Bertz CT molecular complexity index is 206. The molecule has 0 bridgehead atoms. The summed E-state index contributed by atoms with van der Waals surface area (Å²) in [5.41, 5.74) is 0. The standard InChI is InChI=1S/C5H6N2O2/c1-4-6-5(2-3-8)9-7-4/h3H,2H2,1H3. The van der Waals surface area contributed by atoms with E-state index in [1.54, 1.807) is 6.92 Å². The van der Waals surface area contributed by atoms with Crippen LogP contribution < -0.4 is 0 Å². The first-order valence-corrected chi connectivity index (χ1v) is 2.56. The molecular formula is C5H6N2O2. The lowest BCUT2D eigenvalue weighted by Crippen LogP contribution is -1.84. The molecule has 0 amide bonds. The van der Waals surface area contributed by atoms with Gasteiger partial charge in [0.15, 0.2) is 5.82 Å². The van der Waals surface area contributed by atoms with Crippen molar-refractivity contribution in [2.24, 2.45) is 0 Å². The van der Waals surface area contributed by atoms with Crippen LogP contribution in [0.2, 0.25) is 0 Å². The van der Waals surface area contributed by atoms with Crippen molar-refractivity contribution in [1.82, 2.24) is 10.1 Å². The number of hydrogen-bond donors (Lipinski definition) is 0. The highest BCUT2D eigenvalue weighted by atomic mass is 16.5. The average Bonchev–Trinajstić information content (AvgIpc) is 2.17. The number of aldehydes is 1. The summed E-state index contributed by atoms with van der Waals surface area (Å²) in [5.74, 6) is 0.939. The molecule has 4 nitrogen and oxygen atoms in total. The molecule has 0 aliphatic heterocycles. The van der Waals surface area contributed by atoms with E-state index in [9.17, 15) is 4.79 Å². The Labute approximate surface area is 51.9 Å². The molecule has 9 heavy (non-hydrogen) atoms. The van der Waals surface area contributed by atoms with Crippen LogP contribution in [0, 0.1) is 6.92 Å². The summed E-state index contributed by atoms with van der Waals surface area (Å²) in [6, 6.07) is 0. The van der Waals surface area contributed by atoms with Gasteiger partial charge in [-0.25, -0.2) is 0 Å². The summed E-state index contributed by atoms with van der Waals surface area (Å²) in [6.45, 7) is 1.71. The van der Waals surface area contributed by atoms with Gasteiger partial charge in [-0.2, -0.15) is 4.98 Å². The van der Waals surface area contributed by atoms with E-state index in [1.807, 2.05) is 0 Å². The van der Waals surface area contributed by atoms with Crippen molar-refractivity contribution < 1.29 is 9.32 Å². The maximum absolute atomic E-state index is 9.86. The number of rotatable bonds is 2. The van der Waals surface area contributed by atoms with Gasteiger partial charge in [0.05, 0.1) is 6.42 Å². The highest BCUT2D eigenvalue weighted by Gasteiger charge is 1.98. The van der Waals surface area contributed by atoms with Gasteiger partial charge in [-0.1, -0.05) is 5.16 Å². The number of aryl methyl sites for hydroxylation is 1. The van der Waals surface area contributed by atoms with Crippen molar-refractivity contribution in [2.45, 2.75) is 13.3 Å². The van der Waals surface area contributed by atoms with Crippen LogP contribution >= 0.6 is 0 Å². The molecule has 0 saturated carbocycles. The molecule has 0 aromatic carbocycles. The second-order valence-electron chi connectivity index (χ2n) is 1.61. The minimum atomic E-state index is 0.209. The monoisotopic (exact) mass is 126 g/mol. The fraction of sp³-hybridized carbons (Fsp3) is 0.400. The van der Waals surface area contributed by atoms with Crippen molar-refractivity contribution in [3.63, 3.8) is 0 Å². The minimum Gasteiger partial charge on any atom is -0.339 e. The molecule has 0 saturated heterocycles. The van der Waals surface area contributed by atoms with Gasteiger partial charge in [-0.3, -0.25) is 0 Å². The van der Waals surface area contributed by atoms with Gasteiger partial charge in [-0.05, 0) is 6.92 Å². The van der Waals surface area contributed by atoms with Gasteiger partial charge in [0.1, 0.15) is 6.29 Å². The van der Waals surface area contributed by atoms with Gasteiger partial charge < -0.3 is 9.32 Å². The Morgan fingerprint density at radius 2 is 2.56 bits per heavy atom. The zero-order valence-electron chi connectivity index (χ0n) is 5.00. The van der Waals surface area contributed by atoms with Crippen molar-refractivity contribution >= 4 is 6.29 Å². The summed E-state index contributed by atoms with van der Waals surface area (Å²) in [7, 11) is 0. The van der Waals surface area contributed by atoms with Crippen molar-refractivity contribution in [3.8, 4) is 0 Å². The molecule has 0 spiro atoms. The molecule has 1 heterocycles. The third-order valence-electron chi connectivity index (χ3n) is 0.828. The smallest absolute Gasteiger partial charge is 0.233 e. The molecule has 0 aliphatic rings. The fourth-order valence-electron chi connectivity index (χ4n) is 0.494. The van der Waals surface area contributed by atoms with Crippen LogP contribution in [0.4, 0.5) is 0 Å². The summed E-state index contributed by atoms with van der Waals surface area (Å²) in [5, 5.41) is 3.49. The van der Waals surface area contributed by atoms with E-state index < -0.39 is 0 Å². The Kier molecular flexibility index (Phi) is 1.58. The second kappa shape index (κ2) is 2.39. The second-order valence-corrected chi connectivity index (χ2v) is 1.61. The zero-order chi connectivity index (χ0) is 6.69. The highest BCUT2D eigenvalue weighted by Crippen LogP contribution is 1.93. The predicted octanol–water partition coefficient (Wildman–Crippen LogP) is 0.119. The number of carbonyl (C=O) groups is 1. The van der Waals surface area contributed by atoms with E-state index in [1.165, 1.54) is 0 Å². The largest absolute Gasteiger partial charge is 0.339 e. The molecule has 0 atom stereocenters. The van der Waals surface area contributed by atoms with E-state index in [2.05, 4.69) is 14.7 Å². The van der Waals surface area contributed by atoms with Gasteiger partial charge in [0.2, 0.25) is 5.89 Å². The van der Waals surface area contributed by atoms with Gasteiger partial charge in [-0.15, -0.1) is 0 Å². The maximum atomic E-state index is 9.86. The first-order valence-electron chi connectivity index (χ1n) is 2.56. The van der Waals surface area contributed by atoms with Crippen LogP contribution in [0.3, 0.4) is 0 Å².